The van der Waals surface area contributed by atoms with Crippen LogP contribution >= 0.6 is 0 Å². The maximum atomic E-state index is 12.5. The van der Waals surface area contributed by atoms with Crippen molar-refractivity contribution < 1.29 is 12.9 Å². The van der Waals surface area contributed by atoms with E-state index in [1.165, 1.54) is 12.3 Å². The molecule has 0 spiro atoms. The molecule has 2 aromatic carbocycles. The summed E-state index contributed by atoms with van der Waals surface area (Å²) < 4.78 is 32.0. The third-order valence-corrected chi connectivity index (χ3v) is 4.35. The Labute approximate surface area is 122 Å². The highest BCUT2D eigenvalue weighted by Crippen LogP contribution is 2.28. The van der Waals surface area contributed by atoms with E-state index >= 15 is 0 Å². The molecule has 0 aliphatic carbocycles. The molecule has 0 aliphatic heterocycles. The van der Waals surface area contributed by atoms with E-state index in [-0.39, 0.29) is 10.7 Å². The summed E-state index contributed by atoms with van der Waals surface area (Å²) in [6.07, 6.45) is 1.31. The van der Waals surface area contributed by atoms with Gasteiger partial charge in [-0.1, -0.05) is 53.7 Å². The second kappa shape index (κ2) is 5.41. The molecule has 3 rings (SSSR count). The number of rotatable bonds is 4. The van der Waals surface area contributed by atoms with Crippen LogP contribution in [0.3, 0.4) is 0 Å². The average molecular weight is 300 g/mol. The van der Waals surface area contributed by atoms with E-state index in [2.05, 4.69) is 14.4 Å². The number of nitrogens with one attached hydrogen (secondary N) is 1. The van der Waals surface area contributed by atoms with Crippen molar-refractivity contribution in [2.45, 2.75) is 4.90 Å². The van der Waals surface area contributed by atoms with E-state index in [0.29, 0.717) is 5.56 Å². The summed E-state index contributed by atoms with van der Waals surface area (Å²) in [6, 6.07) is 17.6. The van der Waals surface area contributed by atoms with Crippen LogP contribution in [0.15, 0.2) is 76.3 Å². The zero-order valence-corrected chi connectivity index (χ0v) is 11.7. The highest BCUT2D eigenvalue weighted by Gasteiger charge is 2.19. The second-order valence-corrected chi connectivity index (χ2v) is 6.00. The van der Waals surface area contributed by atoms with Crippen LogP contribution in [0.2, 0.25) is 0 Å². The molecule has 0 atom stereocenters. The molecule has 0 amide bonds. The Morgan fingerprint density at radius 1 is 0.905 bits per heavy atom. The molecule has 0 unspecified atom stereocenters. The van der Waals surface area contributed by atoms with E-state index in [9.17, 15) is 8.42 Å². The minimum atomic E-state index is -3.73. The van der Waals surface area contributed by atoms with Crippen LogP contribution in [0.25, 0.3) is 11.1 Å². The summed E-state index contributed by atoms with van der Waals surface area (Å²) in [4.78, 5) is 0.194. The minimum absolute atomic E-state index is 0.151. The summed E-state index contributed by atoms with van der Waals surface area (Å²) in [7, 11) is -3.73. The van der Waals surface area contributed by atoms with Crippen LogP contribution in [-0.4, -0.2) is 13.6 Å². The Hall–Kier alpha value is -2.60. The molecule has 1 aromatic heterocycles. The molecule has 1 heterocycles. The van der Waals surface area contributed by atoms with Gasteiger partial charge in [0.05, 0.1) is 4.90 Å². The van der Waals surface area contributed by atoms with Gasteiger partial charge in [-0.2, -0.15) is 0 Å². The summed E-state index contributed by atoms with van der Waals surface area (Å²) in [6.45, 7) is 0. The highest BCUT2D eigenvalue weighted by molar-refractivity contribution is 7.92. The van der Waals surface area contributed by atoms with Gasteiger partial charge < -0.3 is 4.52 Å². The Kier molecular flexibility index (Phi) is 3.45. The van der Waals surface area contributed by atoms with Gasteiger partial charge in [0.2, 0.25) is 0 Å². The van der Waals surface area contributed by atoms with Crippen molar-refractivity contribution >= 4 is 15.8 Å². The van der Waals surface area contributed by atoms with E-state index in [1.807, 2.05) is 30.3 Å². The summed E-state index contributed by atoms with van der Waals surface area (Å²) in [5, 5.41) is 3.56. The molecule has 3 aromatic rings. The first-order valence-electron chi connectivity index (χ1n) is 6.24. The number of hydrogen-bond acceptors (Lipinski definition) is 4. The maximum Gasteiger partial charge on any atom is 0.263 e. The first kappa shape index (κ1) is 13.4. The van der Waals surface area contributed by atoms with Gasteiger partial charge in [-0.05, 0) is 11.6 Å². The van der Waals surface area contributed by atoms with E-state index in [4.69, 9.17) is 0 Å². The first-order valence-corrected chi connectivity index (χ1v) is 7.73. The number of sulfonamides is 1. The van der Waals surface area contributed by atoms with Gasteiger partial charge in [0.1, 0.15) is 6.26 Å². The molecule has 5 nitrogen and oxygen atoms in total. The van der Waals surface area contributed by atoms with Crippen LogP contribution in [0, 0.1) is 0 Å². The summed E-state index contributed by atoms with van der Waals surface area (Å²) in [5.74, 6) is 0.151. The predicted molar refractivity (Wildman–Crippen MR) is 79.2 cm³/mol. The lowest BCUT2D eigenvalue weighted by Crippen LogP contribution is -2.14. The van der Waals surface area contributed by atoms with E-state index in [0.717, 1.165) is 5.56 Å². The van der Waals surface area contributed by atoms with Crippen molar-refractivity contribution in [1.29, 1.82) is 0 Å². The van der Waals surface area contributed by atoms with Crippen LogP contribution in [0.4, 0.5) is 5.82 Å². The Balaban J connectivity index is 2.07. The molecule has 0 aliphatic rings. The zero-order valence-electron chi connectivity index (χ0n) is 10.9. The van der Waals surface area contributed by atoms with Crippen LogP contribution in [0.5, 0.6) is 0 Å². The normalized spacial score (nSPS) is 11.2. The number of hydrogen-bond donors (Lipinski definition) is 1. The molecular formula is C15H12N2O3S. The van der Waals surface area contributed by atoms with Gasteiger partial charge in [-0.25, -0.2) is 8.42 Å². The van der Waals surface area contributed by atoms with Crippen molar-refractivity contribution in [2.75, 3.05) is 4.72 Å². The number of benzene rings is 2. The topological polar surface area (TPSA) is 72.2 Å². The molecule has 0 bridgehead atoms. The summed E-state index contributed by atoms with van der Waals surface area (Å²) >= 11 is 0. The fourth-order valence-electron chi connectivity index (χ4n) is 2.01. The molecule has 0 radical (unpaired) electrons. The second-order valence-electron chi connectivity index (χ2n) is 4.35. The van der Waals surface area contributed by atoms with Crippen LogP contribution < -0.4 is 4.72 Å². The van der Waals surface area contributed by atoms with Gasteiger partial charge >= 0.3 is 0 Å². The number of aromatic nitrogens is 1. The molecule has 0 saturated heterocycles. The molecule has 0 saturated carbocycles. The Morgan fingerprint density at radius 2 is 1.62 bits per heavy atom. The largest absolute Gasteiger partial charge is 0.363 e. The lowest BCUT2D eigenvalue weighted by molar-refractivity contribution is 0.423. The lowest BCUT2D eigenvalue weighted by Gasteiger charge is -2.10. The quantitative estimate of drug-likeness (QED) is 0.803. The van der Waals surface area contributed by atoms with Crippen molar-refractivity contribution in [1.82, 2.24) is 5.16 Å². The predicted octanol–water partition coefficient (Wildman–Crippen LogP) is 3.14. The fourth-order valence-corrected chi connectivity index (χ4v) is 3.24. The van der Waals surface area contributed by atoms with Crippen molar-refractivity contribution in [3.8, 4) is 11.1 Å². The van der Waals surface area contributed by atoms with Gasteiger partial charge in [0, 0.05) is 11.6 Å². The van der Waals surface area contributed by atoms with Gasteiger partial charge in [0.25, 0.3) is 10.0 Å². The Morgan fingerprint density at radius 3 is 2.33 bits per heavy atom. The van der Waals surface area contributed by atoms with E-state index in [1.54, 1.807) is 24.3 Å². The first-order chi connectivity index (χ1) is 10.2. The SMILES string of the molecule is O=S(=O)(Nc1ccon1)c1ccccc1-c1ccccc1. The lowest BCUT2D eigenvalue weighted by atomic mass is 10.1. The van der Waals surface area contributed by atoms with Crippen molar-refractivity contribution in [3.63, 3.8) is 0 Å². The van der Waals surface area contributed by atoms with Crippen LogP contribution in [-0.2, 0) is 10.0 Å². The number of nitrogens with zero attached hydrogens (tertiary/aromatic N) is 1. The van der Waals surface area contributed by atoms with Gasteiger partial charge in [-0.3, -0.25) is 4.72 Å². The summed E-state index contributed by atoms with van der Waals surface area (Å²) in [5.41, 5.74) is 1.47. The molecule has 6 heteroatoms. The Bertz CT molecular complexity index is 828. The standard InChI is InChI=1S/C15H12N2O3S/c18-21(19,17-15-10-11-20-16-15)14-9-5-4-8-13(14)12-6-2-1-3-7-12/h1-11H,(H,16,17). The van der Waals surface area contributed by atoms with Crippen molar-refractivity contribution in [3.05, 3.63) is 66.9 Å². The average Bonchev–Trinajstić information content (AvgIpc) is 3.00. The molecular weight excluding hydrogens is 288 g/mol. The third-order valence-electron chi connectivity index (χ3n) is 2.94. The zero-order chi connectivity index (χ0) is 14.7. The molecule has 0 fully saturated rings. The minimum Gasteiger partial charge on any atom is -0.363 e. The monoisotopic (exact) mass is 300 g/mol. The molecule has 1 N–H and O–H groups in total. The van der Waals surface area contributed by atoms with Gasteiger partial charge in [0.15, 0.2) is 5.82 Å². The highest BCUT2D eigenvalue weighted by atomic mass is 32.2. The fraction of sp³-hybridized carbons (Fsp3) is 0. The number of anilines is 1. The van der Waals surface area contributed by atoms with Crippen molar-refractivity contribution in [2.24, 2.45) is 0 Å². The maximum absolute atomic E-state index is 12.5. The third kappa shape index (κ3) is 2.80. The van der Waals surface area contributed by atoms with Gasteiger partial charge in [-0.15, -0.1) is 0 Å². The van der Waals surface area contributed by atoms with E-state index < -0.39 is 10.0 Å². The molecule has 21 heavy (non-hydrogen) atoms. The smallest absolute Gasteiger partial charge is 0.263 e. The molecule has 106 valence electrons. The van der Waals surface area contributed by atoms with Crippen LogP contribution in [0.1, 0.15) is 0 Å².